The number of carbonyl (C=O) groups is 1. The predicted molar refractivity (Wildman–Crippen MR) is 70.1 cm³/mol. The summed E-state index contributed by atoms with van der Waals surface area (Å²) in [5.74, 6) is -0.132. The lowest BCUT2D eigenvalue weighted by Gasteiger charge is -2.21. The normalized spacial score (nSPS) is 12.8. The lowest BCUT2D eigenvalue weighted by molar-refractivity contribution is -0.198. The van der Waals surface area contributed by atoms with Crippen LogP contribution < -0.4 is 4.74 Å². The van der Waals surface area contributed by atoms with E-state index in [0.29, 0.717) is 5.56 Å². The third-order valence-electron chi connectivity index (χ3n) is 2.80. The van der Waals surface area contributed by atoms with Crippen LogP contribution in [0.2, 0.25) is 0 Å². The maximum absolute atomic E-state index is 13.1. The molecule has 1 aromatic carbocycles. The topological polar surface area (TPSA) is 39.2 Å². The van der Waals surface area contributed by atoms with E-state index in [2.05, 4.69) is 4.98 Å². The highest BCUT2D eigenvalue weighted by atomic mass is 19.4. The van der Waals surface area contributed by atoms with Crippen LogP contribution in [0.25, 0.3) is 0 Å². The van der Waals surface area contributed by atoms with E-state index in [0.717, 1.165) is 6.20 Å². The first kappa shape index (κ1) is 15.0. The van der Waals surface area contributed by atoms with Crippen molar-refractivity contribution in [2.24, 2.45) is 0 Å². The highest BCUT2D eigenvalue weighted by molar-refractivity contribution is 5.94. The summed E-state index contributed by atoms with van der Waals surface area (Å²) in [7, 11) is 0. The number of carbonyl (C=O) groups excluding carboxylic acids is 1. The van der Waals surface area contributed by atoms with Gasteiger partial charge in [0.25, 0.3) is 0 Å². The van der Waals surface area contributed by atoms with E-state index in [9.17, 15) is 18.0 Å². The highest BCUT2D eigenvalue weighted by Crippen LogP contribution is 2.36. The molecule has 6 heteroatoms. The van der Waals surface area contributed by atoms with Crippen LogP contribution in [0.5, 0.6) is 5.75 Å². The van der Waals surface area contributed by atoms with E-state index in [4.69, 9.17) is 4.74 Å². The summed E-state index contributed by atoms with van der Waals surface area (Å²) in [4.78, 5) is 14.8. The largest absolute Gasteiger partial charge is 0.476 e. The molecular formula is C15H12F3NO2. The number of aromatic nitrogens is 1. The molecule has 2 aromatic rings. The van der Waals surface area contributed by atoms with Crippen LogP contribution in [0.1, 0.15) is 28.9 Å². The summed E-state index contributed by atoms with van der Waals surface area (Å²) < 4.78 is 44.3. The molecule has 0 N–H and O–H groups in total. The molecule has 0 bridgehead atoms. The Labute approximate surface area is 119 Å². The lowest BCUT2D eigenvalue weighted by Crippen LogP contribution is -2.26. The Morgan fingerprint density at radius 3 is 2.33 bits per heavy atom. The summed E-state index contributed by atoms with van der Waals surface area (Å²) in [5, 5.41) is 0. The number of ketones is 1. The van der Waals surface area contributed by atoms with Gasteiger partial charge in [0.2, 0.25) is 6.10 Å². The fourth-order valence-electron chi connectivity index (χ4n) is 1.76. The Kier molecular flexibility index (Phi) is 4.26. The molecule has 0 radical (unpaired) electrons. The summed E-state index contributed by atoms with van der Waals surface area (Å²) in [6, 6.07) is 8.24. The van der Waals surface area contributed by atoms with Crippen molar-refractivity contribution < 1.29 is 22.7 Å². The molecule has 3 nitrogen and oxygen atoms in total. The van der Waals surface area contributed by atoms with Crippen LogP contribution in [-0.4, -0.2) is 16.9 Å². The molecular weight excluding hydrogens is 283 g/mol. The molecule has 0 spiro atoms. The minimum atomic E-state index is -4.57. The van der Waals surface area contributed by atoms with Crippen molar-refractivity contribution in [3.8, 4) is 5.75 Å². The fourth-order valence-corrected chi connectivity index (χ4v) is 1.76. The van der Waals surface area contributed by atoms with Gasteiger partial charge < -0.3 is 4.74 Å². The van der Waals surface area contributed by atoms with Crippen molar-refractivity contribution in [3.63, 3.8) is 0 Å². The molecule has 21 heavy (non-hydrogen) atoms. The van der Waals surface area contributed by atoms with E-state index in [1.807, 2.05) is 0 Å². The van der Waals surface area contributed by atoms with Gasteiger partial charge in [0, 0.05) is 23.5 Å². The molecule has 1 atom stereocenters. The molecule has 0 fully saturated rings. The van der Waals surface area contributed by atoms with Crippen molar-refractivity contribution in [2.75, 3.05) is 0 Å². The van der Waals surface area contributed by atoms with Gasteiger partial charge in [0.15, 0.2) is 5.78 Å². The first-order valence-electron chi connectivity index (χ1n) is 6.12. The summed E-state index contributed by atoms with van der Waals surface area (Å²) >= 11 is 0. The summed E-state index contributed by atoms with van der Waals surface area (Å²) in [5.41, 5.74) is 0.327. The van der Waals surface area contributed by atoms with Crippen LogP contribution in [0, 0.1) is 0 Å². The van der Waals surface area contributed by atoms with Gasteiger partial charge in [-0.1, -0.05) is 6.07 Å². The van der Waals surface area contributed by atoms with Crippen molar-refractivity contribution in [1.29, 1.82) is 0 Å². The summed E-state index contributed by atoms with van der Waals surface area (Å²) in [6.07, 6.45) is -4.17. The highest BCUT2D eigenvalue weighted by Gasteiger charge is 2.43. The maximum Gasteiger partial charge on any atom is 0.429 e. The number of pyridine rings is 1. The second-order valence-electron chi connectivity index (χ2n) is 4.41. The van der Waals surface area contributed by atoms with Crippen molar-refractivity contribution >= 4 is 5.78 Å². The summed E-state index contributed by atoms with van der Waals surface area (Å²) in [6.45, 7) is 1.38. The van der Waals surface area contributed by atoms with Gasteiger partial charge in [-0.15, -0.1) is 0 Å². The van der Waals surface area contributed by atoms with Crippen LogP contribution in [0.3, 0.4) is 0 Å². The van der Waals surface area contributed by atoms with Crippen molar-refractivity contribution in [1.82, 2.24) is 4.98 Å². The molecule has 0 saturated carbocycles. The number of rotatable bonds is 4. The average Bonchev–Trinajstić information content (AvgIpc) is 2.45. The van der Waals surface area contributed by atoms with Gasteiger partial charge in [-0.25, -0.2) is 0 Å². The molecule has 2 rings (SSSR count). The first-order chi connectivity index (χ1) is 9.88. The first-order valence-corrected chi connectivity index (χ1v) is 6.12. The second kappa shape index (κ2) is 5.95. The number of hydrogen-bond acceptors (Lipinski definition) is 3. The molecule has 110 valence electrons. The minimum absolute atomic E-state index is 0.0335. The van der Waals surface area contributed by atoms with Gasteiger partial charge in [0.05, 0.1) is 0 Å². The number of alkyl halides is 3. The number of nitrogens with zero attached hydrogens (tertiary/aromatic N) is 1. The van der Waals surface area contributed by atoms with Gasteiger partial charge in [-0.2, -0.15) is 13.2 Å². The zero-order chi connectivity index (χ0) is 15.5. The second-order valence-corrected chi connectivity index (χ2v) is 4.41. The molecule has 0 aliphatic heterocycles. The monoisotopic (exact) mass is 295 g/mol. The Bertz CT molecular complexity index is 609. The molecule has 0 aliphatic carbocycles. The van der Waals surface area contributed by atoms with E-state index < -0.39 is 12.3 Å². The molecule has 0 amide bonds. The Balaban J connectivity index is 2.26. The Morgan fingerprint density at radius 1 is 1.19 bits per heavy atom. The lowest BCUT2D eigenvalue weighted by atomic mass is 10.1. The predicted octanol–water partition coefficient (Wildman–Crippen LogP) is 3.97. The van der Waals surface area contributed by atoms with Crippen molar-refractivity contribution in [2.45, 2.75) is 19.2 Å². The zero-order valence-corrected chi connectivity index (χ0v) is 11.1. The quantitative estimate of drug-likeness (QED) is 0.801. The standard InChI is InChI=1S/C15H12F3NO2/c1-10(20)11-4-6-13(7-5-11)21-14(15(16,17)18)12-3-2-8-19-9-12/h2-9,14H,1H3. The van der Waals surface area contributed by atoms with Crippen LogP contribution in [0.4, 0.5) is 13.2 Å². The van der Waals surface area contributed by atoms with Crippen LogP contribution in [-0.2, 0) is 0 Å². The number of Topliss-reactive ketones (excluding diaryl/α,β-unsaturated/α-hetero) is 1. The van der Waals surface area contributed by atoms with Crippen molar-refractivity contribution in [3.05, 3.63) is 59.9 Å². The van der Waals surface area contributed by atoms with Gasteiger partial charge in [0.1, 0.15) is 5.75 Å². The smallest absolute Gasteiger partial charge is 0.429 e. The fraction of sp³-hybridized carbons (Fsp3) is 0.200. The van der Waals surface area contributed by atoms with E-state index >= 15 is 0 Å². The molecule has 1 heterocycles. The third kappa shape index (κ3) is 3.81. The molecule has 0 saturated heterocycles. The average molecular weight is 295 g/mol. The van der Waals surface area contributed by atoms with E-state index in [-0.39, 0.29) is 17.1 Å². The molecule has 1 unspecified atom stereocenters. The van der Waals surface area contributed by atoms with Gasteiger partial charge in [-0.05, 0) is 37.3 Å². The van der Waals surface area contributed by atoms with Crippen LogP contribution >= 0.6 is 0 Å². The Morgan fingerprint density at radius 2 is 1.86 bits per heavy atom. The SMILES string of the molecule is CC(=O)c1ccc(OC(c2cccnc2)C(F)(F)F)cc1. The number of ether oxygens (including phenoxy) is 1. The van der Waals surface area contributed by atoms with E-state index in [1.54, 1.807) is 0 Å². The Hall–Kier alpha value is -2.37. The number of hydrogen-bond donors (Lipinski definition) is 0. The molecule has 1 aromatic heterocycles. The van der Waals surface area contributed by atoms with Gasteiger partial charge >= 0.3 is 6.18 Å². The maximum atomic E-state index is 13.1. The number of halogens is 3. The minimum Gasteiger partial charge on any atom is -0.476 e. The molecule has 0 aliphatic rings. The third-order valence-corrected chi connectivity index (χ3v) is 2.80. The van der Waals surface area contributed by atoms with Gasteiger partial charge in [-0.3, -0.25) is 9.78 Å². The van der Waals surface area contributed by atoms with E-state index in [1.165, 1.54) is 49.5 Å². The zero-order valence-electron chi connectivity index (χ0n) is 11.1. The van der Waals surface area contributed by atoms with Crippen LogP contribution in [0.15, 0.2) is 48.8 Å². The number of benzene rings is 1.